The van der Waals surface area contributed by atoms with E-state index in [9.17, 15) is 17.2 Å². The molecule has 0 spiro atoms. The van der Waals surface area contributed by atoms with Gasteiger partial charge < -0.3 is 10.1 Å². The minimum atomic E-state index is -4.76. The lowest BCUT2D eigenvalue weighted by atomic mass is 10.1. The van der Waals surface area contributed by atoms with E-state index < -0.39 is 49.4 Å². The Labute approximate surface area is 231 Å². The van der Waals surface area contributed by atoms with E-state index >= 15 is 8.78 Å². The average molecular weight is 594 g/mol. The molecule has 0 radical (unpaired) electrons. The van der Waals surface area contributed by atoms with Crippen LogP contribution in [0.2, 0.25) is 0 Å². The van der Waals surface area contributed by atoms with Crippen LogP contribution in [-0.2, 0) is 14.8 Å². The maximum Gasteiger partial charge on any atom is 0.265 e. The van der Waals surface area contributed by atoms with Crippen LogP contribution in [-0.4, -0.2) is 62.7 Å². The third kappa shape index (κ3) is 6.09. The first-order valence-electron chi connectivity index (χ1n) is 12.1. The number of sulfonamides is 1. The van der Waals surface area contributed by atoms with Crippen LogP contribution in [0.5, 0.6) is 0 Å². The molecule has 1 aliphatic heterocycles. The second-order valence-corrected chi connectivity index (χ2v) is 11.4. The molecule has 210 valence electrons. The molecule has 0 bridgehead atoms. The van der Waals surface area contributed by atoms with Gasteiger partial charge in [-0.05, 0) is 48.0 Å². The van der Waals surface area contributed by atoms with Crippen molar-refractivity contribution in [2.75, 3.05) is 49.4 Å². The Balaban J connectivity index is 1.50. The first-order valence-corrected chi connectivity index (χ1v) is 14.4. The van der Waals surface area contributed by atoms with Gasteiger partial charge in [0.15, 0.2) is 10.9 Å². The van der Waals surface area contributed by atoms with Crippen molar-refractivity contribution in [3.8, 4) is 21.7 Å². The predicted molar refractivity (Wildman–Crippen MR) is 144 cm³/mol. The van der Waals surface area contributed by atoms with Crippen molar-refractivity contribution in [3.63, 3.8) is 0 Å². The summed E-state index contributed by atoms with van der Waals surface area (Å²) in [6, 6.07) is 6.91. The summed E-state index contributed by atoms with van der Waals surface area (Å²) in [5, 5.41) is 3.60. The molecule has 40 heavy (non-hydrogen) atoms. The van der Waals surface area contributed by atoms with Crippen molar-refractivity contribution in [1.82, 2.24) is 14.9 Å². The maximum atomic E-state index is 15.8. The van der Waals surface area contributed by atoms with Crippen LogP contribution in [0.3, 0.4) is 0 Å². The fraction of sp³-hybridized carbons (Fsp3) is 0.231. The smallest absolute Gasteiger partial charge is 0.265 e. The number of halogens is 4. The molecule has 3 heterocycles. The quantitative estimate of drug-likeness (QED) is 0.265. The van der Waals surface area contributed by atoms with Crippen molar-refractivity contribution in [1.29, 1.82) is 0 Å². The minimum Gasteiger partial charge on any atom is -0.379 e. The van der Waals surface area contributed by atoms with Crippen LogP contribution < -0.4 is 10.0 Å². The summed E-state index contributed by atoms with van der Waals surface area (Å²) in [6.07, 6.45) is 3.05. The number of benzene rings is 2. The maximum absolute atomic E-state index is 15.8. The number of rotatable bonds is 9. The zero-order valence-corrected chi connectivity index (χ0v) is 22.5. The van der Waals surface area contributed by atoms with Gasteiger partial charge >= 0.3 is 0 Å². The molecular weight excluding hydrogens is 570 g/mol. The predicted octanol–water partition coefficient (Wildman–Crippen LogP) is 4.97. The summed E-state index contributed by atoms with van der Waals surface area (Å²) < 4.78 is 91.6. The van der Waals surface area contributed by atoms with Gasteiger partial charge in [0.05, 0.1) is 35.0 Å². The van der Waals surface area contributed by atoms with E-state index in [2.05, 4.69) is 20.2 Å². The van der Waals surface area contributed by atoms with Gasteiger partial charge in [0, 0.05) is 38.6 Å². The third-order valence-corrected chi connectivity index (χ3v) is 8.58. The number of ether oxygens (including phenoxy) is 1. The van der Waals surface area contributed by atoms with Gasteiger partial charge in [-0.1, -0.05) is 11.3 Å². The molecule has 0 amide bonds. The minimum absolute atomic E-state index is 0.0574. The molecule has 0 aliphatic carbocycles. The summed E-state index contributed by atoms with van der Waals surface area (Å²) in [4.78, 5) is 10.1. The van der Waals surface area contributed by atoms with Crippen LogP contribution in [0, 0.1) is 23.3 Å². The van der Waals surface area contributed by atoms with Gasteiger partial charge in [-0.3, -0.25) is 14.6 Å². The Morgan fingerprint density at radius 2 is 1.70 bits per heavy atom. The Kier molecular flexibility index (Phi) is 8.30. The molecular formula is C26H23F4N5O3S2. The SMILES string of the molecule is O=S(=O)(Nc1ccc(F)c(-c2nc(NCCN3CCOCC3)sc2-c2ccncc2)c1F)c1cc(F)ccc1F. The van der Waals surface area contributed by atoms with Gasteiger partial charge in [0.1, 0.15) is 22.3 Å². The summed E-state index contributed by atoms with van der Waals surface area (Å²) in [5.74, 6) is -4.48. The van der Waals surface area contributed by atoms with Crippen LogP contribution in [0.15, 0.2) is 59.8 Å². The fourth-order valence-electron chi connectivity index (χ4n) is 4.14. The fourth-order valence-corrected chi connectivity index (χ4v) is 6.29. The summed E-state index contributed by atoms with van der Waals surface area (Å²) in [6.45, 7) is 4.12. The van der Waals surface area contributed by atoms with Crippen molar-refractivity contribution in [3.05, 3.63) is 78.1 Å². The average Bonchev–Trinajstić information content (AvgIpc) is 3.36. The van der Waals surface area contributed by atoms with Crippen molar-refractivity contribution in [2.45, 2.75) is 4.90 Å². The van der Waals surface area contributed by atoms with Crippen molar-refractivity contribution in [2.24, 2.45) is 0 Å². The lowest BCUT2D eigenvalue weighted by Gasteiger charge is -2.26. The van der Waals surface area contributed by atoms with Gasteiger partial charge in [0.2, 0.25) is 0 Å². The van der Waals surface area contributed by atoms with E-state index in [1.807, 2.05) is 4.72 Å². The molecule has 2 aromatic carbocycles. The van der Waals surface area contributed by atoms with E-state index in [0.29, 0.717) is 54.0 Å². The van der Waals surface area contributed by atoms with Crippen LogP contribution in [0.25, 0.3) is 21.7 Å². The molecule has 0 unspecified atom stereocenters. The molecule has 1 aliphatic rings. The van der Waals surface area contributed by atoms with Crippen LogP contribution >= 0.6 is 11.3 Å². The Hall–Kier alpha value is -3.59. The molecule has 2 N–H and O–H groups in total. The summed E-state index contributed by atoms with van der Waals surface area (Å²) in [5.41, 5.74) is -0.701. The molecule has 1 fully saturated rings. The number of pyridine rings is 1. The van der Waals surface area contributed by atoms with E-state index in [1.165, 1.54) is 23.7 Å². The highest BCUT2D eigenvalue weighted by atomic mass is 32.2. The number of morpholine rings is 1. The first kappa shape index (κ1) is 28.0. The number of aromatic nitrogens is 2. The number of hydrogen-bond acceptors (Lipinski definition) is 8. The zero-order chi connectivity index (χ0) is 28.3. The standard InChI is InChI=1S/C26H23F4N5O3S2/c27-17-1-2-18(28)21(15-17)40(36,37)34-20-4-3-19(29)22(23(20)30)24-25(16-5-7-31-8-6-16)39-26(33-24)32-9-10-35-11-13-38-14-12-35/h1-8,15,34H,9-14H2,(H,32,33). The Morgan fingerprint density at radius 3 is 2.45 bits per heavy atom. The van der Waals surface area contributed by atoms with E-state index in [-0.39, 0.29) is 5.69 Å². The molecule has 2 aromatic heterocycles. The van der Waals surface area contributed by atoms with Gasteiger partial charge in [-0.2, -0.15) is 0 Å². The number of nitrogens with one attached hydrogen (secondary N) is 2. The highest BCUT2D eigenvalue weighted by Crippen LogP contribution is 2.42. The van der Waals surface area contributed by atoms with Crippen molar-refractivity contribution >= 4 is 32.2 Å². The van der Waals surface area contributed by atoms with E-state index in [4.69, 9.17) is 4.74 Å². The highest BCUT2D eigenvalue weighted by Gasteiger charge is 2.27. The number of hydrogen-bond donors (Lipinski definition) is 2. The van der Waals surface area contributed by atoms with Gasteiger partial charge in [-0.15, -0.1) is 0 Å². The largest absolute Gasteiger partial charge is 0.379 e. The highest BCUT2D eigenvalue weighted by molar-refractivity contribution is 7.92. The number of thiazole rings is 1. The number of anilines is 2. The molecule has 0 atom stereocenters. The van der Waals surface area contributed by atoms with Crippen LogP contribution in [0.1, 0.15) is 0 Å². The Morgan fingerprint density at radius 1 is 0.975 bits per heavy atom. The number of nitrogens with zero attached hydrogens (tertiary/aromatic N) is 3. The Bertz CT molecular complexity index is 1610. The molecule has 4 aromatic rings. The lowest BCUT2D eigenvalue weighted by Crippen LogP contribution is -2.38. The molecule has 5 rings (SSSR count). The van der Waals surface area contributed by atoms with Gasteiger partial charge in [-0.25, -0.2) is 31.0 Å². The van der Waals surface area contributed by atoms with Crippen molar-refractivity contribution < 1.29 is 30.7 Å². The topological polar surface area (TPSA) is 96.5 Å². The molecule has 1 saturated heterocycles. The van der Waals surface area contributed by atoms with E-state index in [1.54, 1.807) is 12.1 Å². The molecule has 8 nitrogen and oxygen atoms in total. The summed E-state index contributed by atoms with van der Waals surface area (Å²) >= 11 is 1.17. The van der Waals surface area contributed by atoms with Crippen LogP contribution in [0.4, 0.5) is 28.4 Å². The second-order valence-electron chi connectivity index (χ2n) is 8.78. The molecule has 14 heteroatoms. The zero-order valence-electron chi connectivity index (χ0n) is 20.8. The normalized spacial score (nSPS) is 14.3. The lowest BCUT2D eigenvalue weighted by molar-refractivity contribution is 0.0398. The monoisotopic (exact) mass is 593 g/mol. The second kappa shape index (κ2) is 11.9. The van der Waals surface area contributed by atoms with Gasteiger partial charge in [0.25, 0.3) is 10.0 Å². The first-order chi connectivity index (χ1) is 19.2. The third-order valence-electron chi connectivity index (χ3n) is 6.13. The summed E-state index contributed by atoms with van der Waals surface area (Å²) in [7, 11) is -4.76. The van der Waals surface area contributed by atoms with E-state index in [0.717, 1.165) is 31.3 Å². The molecule has 0 saturated carbocycles.